The normalized spacial score (nSPS) is 15.5. The molecule has 0 unspecified atom stereocenters. The van der Waals surface area contributed by atoms with E-state index in [2.05, 4.69) is 30.8 Å². The number of piperazine rings is 1. The van der Waals surface area contributed by atoms with E-state index in [-0.39, 0.29) is 5.91 Å². The first-order chi connectivity index (χ1) is 17.1. The average molecular weight is 479 g/mol. The number of aromatic nitrogens is 1. The SMILES string of the molecule is COc1cc(C=O)c(CNC2=NC(C(=O)Nc3cnccc3N3CCNCC3)=CCC2)cc1OC. The monoisotopic (exact) mass is 478 g/mol. The molecule has 0 radical (unpaired) electrons. The van der Waals surface area contributed by atoms with Crippen molar-refractivity contribution in [2.75, 3.05) is 50.6 Å². The van der Waals surface area contributed by atoms with Gasteiger partial charge in [-0.2, -0.15) is 0 Å². The Morgan fingerprint density at radius 2 is 1.97 bits per heavy atom. The van der Waals surface area contributed by atoms with Crippen LogP contribution in [0.5, 0.6) is 11.5 Å². The van der Waals surface area contributed by atoms with Crippen LogP contribution in [0.15, 0.2) is 47.4 Å². The topological polar surface area (TPSA) is 117 Å². The van der Waals surface area contributed by atoms with Crippen LogP contribution in [0.4, 0.5) is 11.4 Å². The summed E-state index contributed by atoms with van der Waals surface area (Å²) in [7, 11) is 3.07. The molecule has 0 aliphatic carbocycles. The number of benzene rings is 1. The molecule has 3 N–H and O–H groups in total. The predicted molar refractivity (Wildman–Crippen MR) is 134 cm³/mol. The van der Waals surface area contributed by atoms with Crippen molar-refractivity contribution in [2.24, 2.45) is 4.99 Å². The van der Waals surface area contributed by atoms with Gasteiger partial charge in [0.1, 0.15) is 11.5 Å². The van der Waals surface area contributed by atoms with E-state index in [9.17, 15) is 9.59 Å². The Balaban J connectivity index is 1.45. The van der Waals surface area contributed by atoms with Crippen molar-refractivity contribution in [2.45, 2.75) is 19.4 Å². The summed E-state index contributed by atoms with van der Waals surface area (Å²) in [5.74, 6) is 1.42. The zero-order valence-corrected chi connectivity index (χ0v) is 20.0. The van der Waals surface area contributed by atoms with Crippen molar-refractivity contribution in [3.8, 4) is 11.5 Å². The third-order valence-electron chi connectivity index (χ3n) is 5.97. The van der Waals surface area contributed by atoms with E-state index in [4.69, 9.17) is 9.47 Å². The Labute approximate surface area is 204 Å². The second kappa shape index (κ2) is 11.5. The minimum atomic E-state index is -0.284. The molecule has 1 saturated heterocycles. The van der Waals surface area contributed by atoms with E-state index >= 15 is 0 Å². The van der Waals surface area contributed by atoms with Gasteiger partial charge in [-0.1, -0.05) is 6.08 Å². The number of pyridine rings is 1. The lowest BCUT2D eigenvalue weighted by molar-refractivity contribution is -0.112. The van der Waals surface area contributed by atoms with Crippen LogP contribution in [-0.2, 0) is 11.3 Å². The number of rotatable bonds is 8. The van der Waals surface area contributed by atoms with Gasteiger partial charge in [0.15, 0.2) is 17.8 Å². The van der Waals surface area contributed by atoms with Crippen LogP contribution in [0.25, 0.3) is 0 Å². The molecule has 1 fully saturated rings. The predicted octanol–water partition coefficient (Wildman–Crippen LogP) is 2.13. The number of allylic oxidation sites excluding steroid dienone is 1. The van der Waals surface area contributed by atoms with Gasteiger partial charge in [-0.25, -0.2) is 4.99 Å². The zero-order chi connectivity index (χ0) is 24.6. The maximum Gasteiger partial charge on any atom is 0.274 e. The standard InChI is InChI=1S/C25H30N6O4/c1-34-22-12-17(18(16-32)13-23(22)35-2)14-28-24-5-3-4-19(29-24)25(33)30-20-15-27-7-6-21(20)31-10-8-26-9-11-31/h4,6-7,12-13,15-16,26H,3,5,8-11,14H2,1-2H3,(H,28,29)(H,30,33). The molecule has 2 aromatic rings. The fraction of sp³-hybridized carbons (Fsp3) is 0.360. The Morgan fingerprint density at radius 1 is 1.20 bits per heavy atom. The van der Waals surface area contributed by atoms with Crippen molar-refractivity contribution in [1.82, 2.24) is 15.6 Å². The smallest absolute Gasteiger partial charge is 0.274 e. The van der Waals surface area contributed by atoms with E-state index in [1.807, 2.05) is 12.1 Å². The van der Waals surface area contributed by atoms with Gasteiger partial charge in [-0.3, -0.25) is 14.6 Å². The van der Waals surface area contributed by atoms with Crippen LogP contribution >= 0.6 is 0 Å². The summed E-state index contributed by atoms with van der Waals surface area (Å²) in [6, 6.07) is 5.33. The van der Waals surface area contributed by atoms with E-state index in [0.717, 1.165) is 43.7 Å². The van der Waals surface area contributed by atoms with Crippen molar-refractivity contribution in [1.29, 1.82) is 0 Å². The molecule has 10 nitrogen and oxygen atoms in total. The number of nitrogens with one attached hydrogen (secondary N) is 3. The van der Waals surface area contributed by atoms with Gasteiger partial charge < -0.3 is 30.3 Å². The van der Waals surface area contributed by atoms with E-state index < -0.39 is 0 Å². The first kappa shape index (κ1) is 24.2. The summed E-state index contributed by atoms with van der Waals surface area (Å²) in [6.07, 6.45) is 7.35. The molecule has 0 saturated carbocycles. The quantitative estimate of drug-likeness (QED) is 0.494. The summed E-state index contributed by atoms with van der Waals surface area (Å²) in [5.41, 5.74) is 3.20. The van der Waals surface area contributed by atoms with Gasteiger partial charge in [-0.05, 0) is 30.2 Å². The Hall–Kier alpha value is -3.92. The number of nitrogens with zero attached hydrogens (tertiary/aromatic N) is 3. The number of carbonyl (C=O) groups is 2. The van der Waals surface area contributed by atoms with Crippen molar-refractivity contribution in [3.05, 3.63) is 53.5 Å². The zero-order valence-electron chi connectivity index (χ0n) is 20.0. The summed E-state index contributed by atoms with van der Waals surface area (Å²) in [6.45, 7) is 3.87. The third kappa shape index (κ3) is 5.78. The lowest BCUT2D eigenvalue weighted by Gasteiger charge is -2.30. The first-order valence-corrected chi connectivity index (χ1v) is 11.6. The number of hydrogen-bond acceptors (Lipinski definition) is 9. The number of methoxy groups -OCH3 is 2. The molecule has 184 valence electrons. The van der Waals surface area contributed by atoms with Gasteiger partial charge in [0.25, 0.3) is 5.91 Å². The van der Waals surface area contributed by atoms with Gasteiger partial charge in [0.05, 0.1) is 31.8 Å². The number of ether oxygens (including phenoxy) is 2. The molecule has 3 heterocycles. The van der Waals surface area contributed by atoms with E-state index in [0.29, 0.717) is 53.7 Å². The molecule has 2 aliphatic rings. The number of amidine groups is 1. The van der Waals surface area contributed by atoms with Gasteiger partial charge >= 0.3 is 0 Å². The molecule has 2 aliphatic heterocycles. The van der Waals surface area contributed by atoms with Crippen molar-refractivity contribution >= 4 is 29.4 Å². The fourth-order valence-electron chi connectivity index (χ4n) is 4.11. The lowest BCUT2D eigenvalue weighted by atomic mass is 10.1. The van der Waals surface area contributed by atoms with Crippen LogP contribution in [0.3, 0.4) is 0 Å². The van der Waals surface area contributed by atoms with Crippen LogP contribution in [0, 0.1) is 0 Å². The molecular formula is C25H30N6O4. The minimum absolute atomic E-state index is 0.284. The molecule has 0 atom stereocenters. The lowest BCUT2D eigenvalue weighted by Crippen LogP contribution is -2.43. The number of anilines is 2. The Morgan fingerprint density at radius 3 is 2.71 bits per heavy atom. The number of carbonyl (C=O) groups excluding carboxylic acids is 2. The number of aldehydes is 1. The summed E-state index contributed by atoms with van der Waals surface area (Å²) >= 11 is 0. The second-order valence-electron chi connectivity index (χ2n) is 8.15. The fourth-order valence-corrected chi connectivity index (χ4v) is 4.11. The van der Waals surface area contributed by atoms with Crippen LogP contribution < -0.4 is 30.3 Å². The van der Waals surface area contributed by atoms with Crippen LogP contribution in [0.1, 0.15) is 28.8 Å². The number of amides is 1. The van der Waals surface area contributed by atoms with Gasteiger partial charge in [0.2, 0.25) is 0 Å². The van der Waals surface area contributed by atoms with Gasteiger partial charge in [-0.15, -0.1) is 0 Å². The highest BCUT2D eigenvalue weighted by molar-refractivity contribution is 6.07. The summed E-state index contributed by atoms with van der Waals surface area (Å²) < 4.78 is 10.6. The number of aliphatic imine (C=N–C) groups is 1. The second-order valence-corrected chi connectivity index (χ2v) is 8.15. The minimum Gasteiger partial charge on any atom is -0.493 e. The van der Waals surface area contributed by atoms with Crippen LogP contribution in [-0.4, -0.2) is 63.4 Å². The molecule has 1 aromatic heterocycles. The molecule has 0 spiro atoms. The summed E-state index contributed by atoms with van der Waals surface area (Å²) in [4.78, 5) is 35.6. The molecule has 4 rings (SSSR count). The van der Waals surface area contributed by atoms with Crippen molar-refractivity contribution < 1.29 is 19.1 Å². The Kier molecular flexibility index (Phi) is 7.94. The third-order valence-corrected chi connectivity index (χ3v) is 5.97. The maximum absolute atomic E-state index is 13.0. The summed E-state index contributed by atoms with van der Waals surface area (Å²) in [5, 5.41) is 9.57. The molecule has 1 amide bonds. The van der Waals surface area contributed by atoms with Crippen molar-refractivity contribution in [3.63, 3.8) is 0 Å². The van der Waals surface area contributed by atoms with E-state index in [1.165, 1.54) is 7.11 Å². The highest BCUT2D eigenvalue weighted by Gasteiger charge is 2.19. The van der Waals surface area contributed by atoms with Gasteiger partial charge in [0, 0.05) is 50.9 Å². The highest BCUT2D eigenvalue weighted by atomic mass is 16.5. The van der Waals surface area contributed by atoms with Crippen LogP contribution in [0.2, 0.25) is 0 Å². The number of hydrogen-bond donors (Lipinski definition) is 3. The molecule has 0 bridgehead atoms. The Bertz CT molecular complexity index is 1140. The molecular weight excluding hydrogens is 448 g/mol. The molecule has 35 heavy (non-hydrogen) atoms. The van der Waals surface area contributed by atoms with E-state index in [1.54, 1.807) is 31.6 Å². The largest absolute Gasteiger partial charge is 0.493 e. The maximum atomic E-state index is 13.0. The molecule has 10 heteroatoms. The first-order valence-electron chi connectivity index (χ1n) is 11.6. The average Bonchev–Trinajstić information content (AvgIpc) is 2.92. The molecule has 1 aromatic carbocycles. The highest BCUT2D eigenvalue weighted by Crippen LogP contribution is 2.30.